The van der Waals surface area contributed by atoms with Gasteiger partial charge in [-0.3, -0.25) is 9.59 Å². The third-order valence-corrected chi connectivity index (χ3v) is 6.42. The van der Waals surface area contributed by atoms with Crippen molar-refractivity contribution in [3.8, 4) is 0 Å². The number of amides is 2. The Kier molecular flexibility index (Phi) is 4.97. The molecule has 0 radical (unpaired) electrons. The molecule has 3 atom stereocenters. The molecule has 3 aliphatic rings. The Morgan fingerprint density at radius 2 is 1.76 bits per heavy atom. The van der Waals surface area contributed by atoms with Gasteiger partial charge in [-0.15, -0.1) is 0 Å². The fourth-order valence-corrected chi connectivity index (χ4v) is 4.95. The van der Waals surface area contributed by atoms with E-state index in [0.29, 0.717) is 39.3 Å². The summed E-state index contributed by atoms with van der Waals surface area (Å²) in [4.78, 5) is 29.5. The molecule has 2 bridgehead atoms. The molecule has 0 aromatic heterocycles. The minimum absolute atomic E-state index is 0.0139. The molecule has 6 heteroatoms. The van der Waals surface area contributed by atoms with E-state index in [1.54, 1.807) is 0 Å². The van der Waals surface area contributed by atoms with E-state index in [-0.39, 0.29) is 23.9 Å². The first kappa shape index (κ1) is 18.6. The van der Waals surface area contributed by atoms with Crippen LogP contribution in [0.1, 0.15) is 18.4 Å². The second-order valence-corrected chi connectivity index (χ2v) is 8.15. The van der Waals surface area contributed by atoms with Gasteiger partial charge in [0.2, 0.25) is 5.91 Å². The van der Waals surface area contributed by atoms with Crippen LogP contribution in [-0.4, -0.2) is 72.7 Å². The average Bonchev–Trinajstić information content (AvgIpc) is 3.39. The van der Waals surface area contributed by atoms with Crippen molar-refractivity contribution in [1.29, 1.82) is 0 Å². The smallest absolute Gasteiger partial charge is 0.254 e. The van der Waals surface area contributed by atoms with Gasteiger partial charge in [0.25, 0.3) is 5.91 Å². The molecule has 5 rings (SSSR count). The molecule has 152 valence electrons. The number of likely N-dealkylation sites (tertiary alicyclic amines) is 2. The van der Waals surface area contributed by atoms with Gasteiger partial charge in [0.15, 0.2) is 6.10 Å². The molecular weight excluding hydrogens is 368 g/mol. The van der Waals surface area contributed by atoms with E-state index in [4.69, 9.17) is 9.47 Å². The van der Waals surface area contributed by atoms with E-state index >= 15 is 0 Å². The molecule has 3 aliphatic heterocycles. The van der Waals surface area contributed by atoms with E-state index < -0.39 is 6.10 Å². The maximum atomic E-state index is 12.9. The quantitative estimate of drug-likeness (QED) is 0.796. The van der Waals surface area contributed by atoms with E-state index in [2.05, 4.69) is 30.3 Å². The monoisotopic (exact) mass is 394 g/mol. The maximum Gasteiger partial charge on any atom is 0.254 e. The van der Waals surface area contributed by atoms with Crippen molar-refractivity contribution in [2.75, 3.05) is 32.9 Å². The zero-order valence-corrected chi connectivity index (χ0v) is 16.5. The van der Waals surface area contributed by atoms with Gasteiger partial charge >= 0.3 is 0 Å². The van der Waals surface area contributed by atoms with E-state index in [0.717, 1.165) is 12.8 Å². The number of hydrogen-bond acceptors (Lipinski definition) is 4. The fraction of sp³-hybridized carbons (Fsp3) is 0.478. The molecule has 2 amide bonds. The molecule has 0 N–H and O–H groups in total. The highest BCUT2D eigenvalue weighted by atomic mass is 16.6. The van der Waals surface area contributed by atoms with Gasteiger partial charge < -0.3 is 19.3 Å². The van der Waals surface area contributed by atoms with Crippen LogP contribution in [0.15, 0.2) is 42.5 Å². The van der Waals surface area contributed by atoms with Crippen molar-refractivity contribution in [2.45, 2.75) is 37.5 Å². The number of nitrogens with zero attached hydrogens (tertiary/aromatic N) is 2. The summed E-state index contributed by atoms with van der Waals surface area (Å²) in [5.74, 6) is 0.204. The third-order valence-electron chi connectivity index (χ3n) is 6.42. The molecule has 1 unspecified atom stereocenters. The Hall–Kier alpha value is -2.44. The third kappa shape index (κ3) is 3.51. The maximum absolute atomic E-state index is 12.9. The number of carbonyl (C=O) groups excluding carboxylic acids is 2. The van der Waals surface area contributed by atoms with Crippen molar-refractivity contribution in [3.05, 3.63) is 48.0 Å². The summed E-state index contributed by atoms with van der Waals surface area (Å²) in [5.41, 5.74) is 1.21. The Bertz CT molecular complexity index is 919. The Labute approximate surface area is 170 Å². The highest BCUT2D eigenvalue weighted by Gasteiger charge is 2.48. The molecule has 0 aliphatic carbocycles. The molecule has 6 nitrogen and oxygen atoms in total. The number of aryl methyl sites for hydroxylation is 1. The zero-order valence-electron chi connectivity index (χ0n) is 16.5. The van der Waals surface area contributed by atoms with Gasteiger partial charge in [-0.2, -0.15) is 0 Å². The summed E-state index contributed by atoms with van der Waals surface area (Å²) in [6.07, 6.45) is 1.63. The lowest BCUT2D eigenvalue weighted by Crippen LogP contribution is -2.54. The van der Waals surface area contributed by atoms with Crippen LogP contribution in [0, 0.1) is 0 Å². The first-order chi connectivity index (χ1) is 14.2. The number of fused-ring (bicyclic) bond motifs is 3. The second kappa shape index (κ2) is 7.76. The molecule has 0 spiro atoms. The molecule has 29 heavy (non-hydrogen) atoms. The molecule has 3 fully saturated rings. The van der Waals surface area contributed by atoms with Crippen LogP contribution in [0.4, 0.5) is 0 Å². The highest BCUT2D eigenvalue weighted by molar-refractivity contribution is 5.87. The van der Waals surface area contributed by atoms with Crippen molar-refractivity contribution < 1.29 is 19.1 Å². The number of rotatable bonds is 4. The predicted octanol–water partition coefficient (Wildman–Crippen LogP) is 2.00. The lowest BCUT2D eigenvalue weighted by atomic mass is 10.0. The lowest BCUT2D eigenvalue weighted by molar-refractivity contribution is -0.161. The fourth-order valence-electron chi connectivity index (χ4n) is 4.95. The molecule has 3 saturated heterocycles. The van der Waals surface area contributed by atoms with Crippen molar-refractivity contribution >= 4 is 22.6 Å². The summed E-state index contributed by atoms with van der Waals surface area (Å²) in [6.45, 7) is 2.61. The summed E-state index contributed by atoms with van der Waals surface area (Å²) in [6, 6.07) is 14.8. The van der Waals surface area contributed by atoms with E-state index in [1.165, 1.54) is 16.3 Å². The summed E-state index contributed by atoms with van der Waals surface area (Å²) in [7, 11) is 0. The topological polar surface area (TPSA) is 59.1 Å². The molecule has 2 aromatic carbocycles. The first-order valence-corrected chi connectivity index (χ1v) is 10.5. The van der Waals surface area contributed by atoms with Gasteiger partial charge in [0.05, 0.1) is 31.9 Å². The van der Waals surface area contributed by atoms with Crippen LogP contribution < -0.4 is 0 Å². The average molecular weight is 394 g/mol. The molecule has 3 heterocycles. The van der Waals surface area contributed by atoms with Gasteiger partial charge in [-0.25, -0.2) is 0 Å². The normalized spacial score (nSPS) is 26.3. The van der Waals surface area contributed by atoms with Crippen LogP contribution in [-0.2, 0) is 25.5 Å². The lowest BCUT2D eigenvalue weighted by Gasteiger charge is -2.36. The van der Waals surface area contributed by atoms with Crippen molar-refractivity contribution in [3.63, 3.8) is 0 Å². The van der Waals surface area contributed by atoms with Crippen LogP contribution >= 0.6 is 0 Å². The van der Waals surface area contributed by atoms with E-state index in [9.17, 15) is 9.59 Å². The number of benzene rings is 2. The second-order valence-electron chi connectivity index (χ2n) is 8.15. The number of ether oxygens (including phenoxy) is 2. The van der Waals surface area contributed by atoms with Crippen molar-refractivity contribution in [1.82, 2.24) is 9.80 Å². The van der Waals surface area contributed by atoms with Gasteiger partial charge in [-0.1, -0.05) is 42.5 Å². The van der Waals surface area contributed by atoms with Crippen LogP contribution in [0.3, 0.4) is 0 Å². The minimum Gasteiger partial charge on any atom is -0.376 e. The summed E-state index contributed by atoms with van der Waals surface area (Å²) in [5, 5.41) is 2.43. The number of piperazine rings is 1. The minimum atomic E-state index is -0.487. The van der Waals surface area contributed by atoms with Crippen LogP contribution in [0.2, 0.25) is 0 Å². The summed E-state index contributed by atoms with van der Waals surface area (Å²) >= 11 is 0. The number of hydrogen-bond donors (Lipinski definition) is 0. The largest absolute Gasteiger partial charge is 0.376 e. The molecular formula is C23H26N2O4. The summed E-state index contributed by atoms with van der Waals surface area (Å²) < 4.78 is 10.9. The Balaban J connectivity index is 1.19. The Morgan fingerprint density at radius 3 is 2.55 bits per heavy atom. The van der Waals surface area contributed by atoms with Crippen molar-refractivity contribution in [2.24, 2.45) is 0 Å². The number of carbonyl (C=O) groups is 2. The Morgan fingerprint density at radius 1 is 0.966 bits per heavy atom. The molecule has 0 saturated carbocycles. The van der Waals surface area contributed by atoms with Gasteiger partial charge in [0.1, 0.15) is 0 Å². The zero-order chi connectivity index (χ0) is 19.8. The van der Waals surface area contributed by atoms with E-state index in [1.807, 2.05) is 21.9 Å². The SMILES string of the molecule is O=C(CCc1cccc2ccccc12)N1C[C@@H]2C[C@H]1CN2C(=O)C1COCCO1. The van der Waals surface area contributed by atoms with Crippen LogP contribution in [0.25, 0.3) is 10.8 Å². The highest BCUT2D eigenvalue weighted by Crippen LogP contribution is 2.32. The molecule has 2 aromatic rings. The standard InChI is InChI=1S/C23H26N2O4/c26-22(9-8-17-6-3-5-16-4-1-2-7-20(16)17)24-13-19-12-18(24)14-25(19)23(27)21-15-28-10-11-29-21/h1-7,18-19,21H,8-15H2/t18-,19-,21?/m0/s1. The van der Waals surface area contributed by atoms with Gasteiger partial charge in [0, 0.05) is 19.5 Å². The predicted molar refractivity (Wildman–Crippen MR) is 108 cm³/mol. The first-order valence-electron chi connectivity index (χ1n) is 10.5. The van der Waals surface area contributed by atoms with Gasteiger partial charge in [-0.05, 0) is 29.2 Å². The van der Waals surface area contributed by atoms with Crippen LogP contribution in [0.5, 0.6) is 0 Å².